The Bertz CT molecular complexity index is 686. The molecular weight excluding hydrogens is 266 g/mol. The fourth-order valence-corrected chi connectivity index (χ4v) is 3.44. The highest BCUT2D eigenvalue weighted by Gasteiger charge is 2.25. The van der Waals surface area contributed by atoms with E-state index in [1.165, 1.54) is 12.8 Å². The Hall–Kier alpha value is -1.75. The van der Waals surface area contributed by atoms with Gasteiger partial charge in [0.15, 0.2) is 0 Å². The highest BCUT2D eigenvalue weighted by Crippen LogP contribution is 2.23. The SMILES string of the molecule is CC(C)N1CCCCC1Cn1c(=O)[nH]c2cc(O)ccc21. The quantitative estimate of drug-likeness (QED) is 0.911. The van der Waals surface area contributed by atoms with Gasteiger partial charge in [0.2, 0.25) is 0 Å². The minimum absolute atomic E-state index is 0.0927. The maximum atomic E-state index is 12.2. The van der Waals surface area contributed by atoms with Crippen molar-refractivity contribution in [1.29, 1.82) is 0 Å². The Kier molecular flexibility index (Phi) is 3.76. The molecule has 5 nitrogen and oxygen atoms in total. The first-order valence-corrected chi connectivity index (χ1v) is 7.73. The highest BCUT2D eigenvalue weighted by atomic mass is 16.3. The van der Waals surface area contributed by atoms with Crippen molar-refractivity contribution >= 4 is 11.0 Å². The number of fused-ring (bicyclic) bond motifs is 1. The van der Waals surface area contributed by atoms with E-state index in [0.717, 1.165) is 18.5 Å². The molecule has 1 unspecified atom stereocenters. The molecule has 1 aliphatic rings. The maximum Gasteiger partial charge on any atom is 0.326 e. The van der Waals surface area contributed by atoms with Crippen LogP contribution in [0.1, 0.15) is 33.1 Å². The second kappa shape index (κ2) is 5.56. The van der Waals surface area contributed by atoms with Crippen molar-refractivity contribution in [2.75, 3.05) is 6.54 Å². The van der Waals surface area contributed by atoms with Crippen molar-refractivity contribution in [3.63, 3.8) is 0 Å². The Labute approximate surface area is 124 Å². The number of aromatic hydroxyl groups is 1. The summed E-state index contributed by atoms with van der Waals surface area (Å²) in [5.41, 5.74) is 1.48. The zero-order chi connectivity index (χ0) is 15.0. The van der Waals surface area contributed by atoms with Gasteiger partial charge in [-0.2, -0.15) is 0 Å². The topological polar surface area (TPSA) is 61.3 Å². The number of benzene rings is 1. The molecule has 1 atom stereocenters. The number of hydrogen-bond donors (Lipinski definition) is 2. The van der Waals surface area contributed by atoms with Crippen LogP contribution < -0.4 is 5.69 Å². The van der Waals surface area contributed by atoms with Crippen molar-refractivity contribution in [3.8, 4) is 5.75 Å². The van der Waals surface area contributed by atoms with E-state index in [0.29, 0.717) is 24.1 Å². The first-order valence-electron chi connectivity index (χ1n) is 7.73. The van der Waals surface area contributed by atoms with Crippen LogP contribution in [-0.4, -0.2) is 38.2 Å². The molecule has 0 amide bonds. The number of H-pyrrole nitrogens is 1. The van der Waals surface area contributed by atoms with Crippen LogP contribution in [0.15, 0.2) is 23.0 Å². The van der Waals surface area contributed by atoms with Crippen LogP contribution in [0, 0.1) is 0 Å². The number of nitrogens with zero attached hydrogens (tertiary/aromatic N) is 2. The summed E-state index contributed by atoms with van der Waals surface area (Å²) < 4.78 is 1.81. The number of phenolic OH excluding ortho intramolecular Hbond substituents is 1. The third-order valence-electron chi connectivity index (χ3n) is 4.49. The number of phenols is 1. The van der Waals surface area contributed by atoms with Gasteiger partial charge >= 0.3 is 5.69 Å². The molecule has 0 bridgehead atoms. The average molecular weight is 289 g/mol. The third kappa shape index (κ3) is 2.70. The van der Waals surface area contributed by atoms with Crippen LogP contribution in [0.3, 0.4) is 0 Å². The summed E-state index contributed by atoms with van der Waals surface area (Å²) in [4.78, 5) is 17.5. The molecular formula is C16H23N3O2. The number of aromatic nitrogens is 2. The van der Waals surface area contributed by atoms with E-state index in [9.17, 15) is 9.90 Å². The number of aromatic amines is 1. The molecule has 2 aromatic rings. The molecule has 1 saturated heterocycles. The molecule has 1 aromatic carbocycles. The summed E-state index contributed by atoms with van der Waals surface area (Å²) in [6.45, 7) is 6.25. The normalized spacial score (nSPS) is 20.4. The summed E-state index contributed by atoms with van der Waals surface area (Å²) in [5.74, 6) is 0.178. The standard InChI is InChI=1S/C16H23N3O2/c1-11(2)18-8-4-3-5-12(18)10-19-15-7-6-13(20)9-14(15)17-16(19)21/h6-7,9,11-12,20H,3-5,8,10H2,1-2H3,(H,17,21). The van der Waals surface area contributed by atoms with E-state index in [4.69, 9.17) is 0 Å². The number of nitrogens with one attached hydrogen (secondary N) is 1. The zero-order valence-corrected chi connectivity index (χ0v) is 12.7. The van der Waals surface area contributed by atoms with Gasteiger partial charge in [-0.05, 0) is 45.4 Å². The van der Waals surface area contributed by atoms with Crippen LogP contribution in [0.4, 0.5) is 0 Å². The van der Waals surface area contributed by atoms with Gasteiger partial charge in [-0.25, -0.2) is 4.79 Å². The lowest BCUT2D eigenvalue weighted by Gasteiger charge is -2.38. The summed E-state index contributed by atoms with van der Waals surface area (Å²) in [6.07, 6.45) is 3.60. The van der Waals surface area contributed by atoms with Gasteiger partial charge in [-0.15, -0.1) is 0 Å². The number of piperidine rings is 1. The molecule has 114 valence electrons. The Morgan fingerprint density at radius 2 is 2.19 bits per heavy atom. The number of rotatable bonds is 3. The Morgan fingerprint density at radius 1 is 1.38 bits per heavy atom. The summed E-state index contributed by atoms with van der Waals surface area (Å²) >= 11 is 0. The van der Waals surface area contributed by atoms with Crippen LogP contribution >= 0.6 is 0 Å². The molecule has 2 N–H and O–H groups in total. The van der Waals surface area contributed by atoms with Crippen molar-refractivity contribution in [3.05, 3.63) is 28.7 Å². The lowest BCUT2D eigenvalue weighted by molar-refractivity contribution is 0.0993. The lowest BCUT2D eigenvalue weighted by Crippen LogP contribution is -2.46. The molecule has 0 radical (unpaired) electrons. The Balaban J connectivity index is 1.93. The summed E-state index contributed by atoms with van der Waals surface area (Å²) in [7, 11) is 0. The third-order valence-corrected chi connectivity index (χ3v) is 4.49. The minimum Gasteiger partial charge on any atom is -0.508 e. The predicted octanol–water partition coefficient (Wildman–Crippen LogP) is 2.30. The largest absolute Gasteiger partial charge is 0.508 e. The summed E-state index contributed by atoms with van der Waals surface area (Å²) in [6, 6.07) is 5.96. The second-order valence-electron chi connectivity index (χ2n) is 6.22. The van der Waals surface area contributed by atoms with Crippen LogP contribution in [0.5, 0.6) is 5.75 Å². The number of hydrogen-bond acceptors (Lipinski definition) is 3. The molecule has 1 aliphatic heterocycles. The summed E-state index contributed by atoms with van der Waals surface area (Å²) in [5, 5.41) is 9.53. The first kappa shape index (κ1) is 14.2. The molecule has 5 heteroatoms. The fourth-order valence-electron chi connectivity index (χ4n) is 3.44. The molecule has 21 heavy (non-hydrogen) atoms. The second-order valence-corrected chi connectivity index (χ2v) is 6.22. The molecule has 1 fully saturated rings. The van der Waals surface area contributed by atoms with E-state index in [1.54, 1.807) is 16.7 Å². The van der Waals surface area contributed by atoms with E-state index in [2.05, 4.69) is 23.7 Å². The lowest BCUT2D eigenvalue weighted by atomic mass is 10.0. The van der Waals surface area contributed by atoms with E-state index >= 15 is 0 Å². The van der Waals surface area contributed by atoms with E-state index < -0.39 is 0 Å². The van der Waals surface area contributed by atoms with Crippen LogP contribution in [0.25, 0.3) is 11.0 Å². The molecule has 0 spiro atoms. The molecule has 0 saturated carbocycles. The highest BCUT2D eigenvalue weighted by molar-refractivity contribution is 5.76. The van der Waals surface area contributed by atoms with E-state index in [1.807, 2.05) is 6.07 Å². The minimum atomic E-state index is -0.0927. The number of likely N-dealkylation sites (tertiary alicyclic amines) is 1. The predicted molar refractivity (Wildman–Crippen MR) is 83.7 cm³/mol. The van der Waals surface area contributed by atoms with Crippen molar-refractivity contribution in [2.24, 2.45) is 0 Å². The fraction of sp³-hybridized carbons (Fsp3) is 0.562. The van der Waals surface area contributed by atoms with Crippen molar-refractivity contribution in [1.82, 2.24) is 14.5 Å². The van der Waals surface area contributed by atoms with Crippen LogP contribution in [-0.2, 0) is 6.54 Å². The van der Waals surface area contributed by atoms with Gasteiger partial charge in [0, 0.05) is 24.7 Å². The monoisotopic (exact) mass is 289 g/mol. The maximum absolute atomic E-state index is 12.2. The van der Waals surface area contributed by atoms with Gasteiger partial charge in [-0.3, -0.25) is 9.47 Å². The van der Waals surface area contributed by atoms with Crippen molar-refractivity contribution < 1.29 is 5.11 Å². The van der Waals surface area contributed by atoms with Gasteiger partial charge in [0.25, 0.3) is 0 Å². The van der Waals surface area contributed by atoms with Crippen LogP contribution in [0.2, 0.25) is 0 Å². The average Bonchev–Trinajstić information content (AvgIpc) is 2.74. The molecule has 0 aliphatic carbocycles. The van der Waals surface area contributed by atoms with E-state index in [-0.39, 0.29) is 11.4 Å². The van der Waals surface area contributed by atoms with Crippen molar-refractivity contribution in [2.45, 2.75) is 51.7 Å². The van der Waals surface area contributed by atoms with Gasteiger partial charge in [0.1, 0.15) is 5.75 Å². The molecule has 2 heterocycles. The smallest absolute Gasteiger partial charge is 0.326 e. The molecule has 1 aromatic heterocycles. The van der Waals surface area contributed by atoms with Gasteiger partial charge < -0.3 is 10.1 Å². The van der Waals surface area contributed by atoms with Gasteiger partial charge in [-0.1, -0.05) is 6.42 Å². The molecule has 3 rings (SSSR count). The zero-order valence-electron chi connectivity index (χ0n) is 12.7. The van der Waals surface area contributed by atoms with Gasteiger partial charge in [0.05, 0.1) is 11.0 Å². The number of imidazole rings is 1. The Morgan fingerprint density at radius 3 is 2.95 bits per heavy atom. The first-order chi connectivity index (χ1) is 10.1.